The highest BCUT2D eigenvalue weighted by molar-refractivity contribution is 7.92. The molecule has 1 atom stereocenters. The zero-order valence-corrected chi connectivity index (χ0v) is 8.50. The zero-order valence-electron chi connectivity index (χ0n) is 7.69. The highest BCUT2D eigenvalue weighted by Gasteiger charge is 2.30. The third kappa shape index (κ3) is 3.86. The molecule has 0 rings (SSSR count). The Morgan fingerprint density at radius 3 is 2.38 bits per heavy atom. The Labute approximate surface area is 78.1 Å². The SMILES string of the molecule is C=CS(=O)(=O)NC(C)(C)C(O)CO. The molecule has 0 aliphatic carbocycles. The monoisotopic (exact) mass is 209 g/mol. The third-order valence-corrected chi connectivity index (χ3v) is 2.88. The zero-order chi connectivity index (χ0) is 10.7. The molecule has 0 aliphatic heterocycles. The third-order valence-electron chi connectivity index (χ3n) is 1.63. The summed E-state index contributed by atoms with van der Waals surface area (Å²) >= 11 is 0. The van der Waals surface area contributed by atoms with Crippen LogP contribution in [0.25, 0.3) is 0 Å². The van der Waals surface area contributed by atoms with Crippen molar-refractivity contribution in [3.05, 3.63) is 12.0 Å². The number of hydrogen-bond donors (Lipinski definition) is 3. The van der Waals surface area contributed by atoms with E-state index in [0.717, 1.165) is 5.41 Å². The van der Waals surface area contributed by atoms with Crippen LogP contribution in [-0.2, 0) is 10.0 Å². The van der Waals surface area contributed by atoms with E-state index in [1.807, 2.05) is 0 Å². The lowest BCUT2D eigenvalue weighted by Gasteiger charge is -2.29. The van der Waals surface area contributed by atoms with E-state index in [0.29, 0.717) is 0 Å². The van der Waals surface area contributed by atoms with Gasteiger partial charge in [0.15, 0.2) is 0 Å². The molecule has 0 saturated heterocycles. The van der Waals surface area contributed by atoms with Gasteiger partial charge in [-0.25, -0.2) is 13.1 Å². The summed E-state index contributed by atoms with van der Waals surface area (Å²) in [5, 5.41) is 18.6. The second kappa shape index (κ2) is 4.19. The van der Waals surface area contributed by atoms with Gasteiger partial charge in [-0.3, -0.25) is 0 Å². The van der Waals surface area contributed by atoms with Gasteiger partial charge >= 0.3 is 0 Å². The van der Waals surface area contributed by atoms with Crippen molar-refractivity contribution in [2.75, 3.05) is 6.61 Å². The van der Waals surface area contributed by atoms with Crippen LogP contribution in [0, 0.1) is 0 Å². The van der Waals surface area contributed by atoms with E-state index in [2.05, 4.69) is 11.3 Å². The Hall–Kier alpha value is -0.430. The van der Waals surface area contributed by atoms with Crippen LogP contribution < -0.4 is 4.72 Å². The number of aliphatic hydroxyl groups is 2. The highest BCUT2D eigenvalue weighted by Crippen LogP contribution is 2.10. The Bertz CT molecular complexity index is 270. The lowest BCUT2D eigenvalue weighted by atomic mass is 10.00. The number of nitrogens with one attached hydrogen (secondary N) is 1. The Balaban J connectivity index is 4.60. The maximum atomic E-state index is 11.0. The highest BCUT2D eigenvalue weighted by atomic mass is 32.2. The van der Waals surface area contributed by atoms with Crippen molar-refractivity contribution in [3.63, 3.8) is 0 Å². The second-order valence-corrected chi connectivity index (χ2v) is 4.86. The van der Waals surface area contributed by atoms with Gasteiger partial charge in [-0.2, -0.15) is 0 Å². The van der Waals surface area contributed by atoms with Crippen LogP contribution in [0.15, 0.2) is 12.0 Å². The standard InChI is InChI=1S/C7H15NO4S/c1-4-13(11,12)8-7(2,3)6(10)5-9/h4,6,8-10H,1,5H2,2-3H3. The minimum atomic E-state index is -3.59. The minimum absolute atomic E-state index is 0.507. The van der Waals surface area contributed by atoms with Crippen LogP contribution in [0.5, 0.6) is 0 Å². The molecule has 0 aromatic heterocycles. The van der Waals surface area contributed by atoms with E-state index >= 15 is 0 Å². The molecule has 78 valence electrons. The van der Waals surface area contributed by atoms with Gasteiger partial charge < -0.3 is 10.2 Å². The van der Waals surface area contributed by atoms with Gasteiger partial charge in [0.05, 0.1) is 18.2 Å². The van der Waals surface area contributed by atoms with Crippen LogP contribution in [-0.4, -0.2) is 36.9 Å². The number of aliphatic hydroxyl groups excluding tert-OH is 2. The number of sulfonamides is 1. The van der Waals surface area contributed by atoms with E-state index in [1.165, 1.54) is 13.8 Å². The van der Waals surface area contributed by atoms with Gasteiger partial charge in [0.2, 0.25) is 10.0 Å². The Kier molecular flexibility index (Phi) is 4.05. The van der Waals surface area contributed by atoms with E-state index in [1.54, 1.807) is 0 Å². The molecule has 0 radical (unpaired) electrons. The second-order valence-electron chi connectivity index (χ2n) is 3.23. The molecule has 0 fully saturated rings. The molecule has 13 heavy (non-hydrogen) atoms. The average Bonchev–Trinajstić information content (AvgIpc) is 2.01. The molecule has 0 aromatic carbocycles. The smallest absolute Gasteiger partial charge is 0.233 e. The van der Waals surface area contributed by atoms with Crippen LogP contribution in [0.2, 0.25) is 0 Å². The molecule has 0 amide bonds. The fourth-order valence-electron chi connectivity index (χ4n) is 0.705. The minimum Gasteiger partial charge on any atom is -0.394 e. The Morgan fingerprint density at radius 2 is 2.08 bits per heavy atom. The normalized spacial score (nSPS) is 15.4. The van der Waals surface area contributed by atoms with Gasteiger partial charge in [-0.15, -0.1) is 0 Å². The van der Waals surface area contributed by atoms with Crippen molar-refractivity contribution in [2.24, 2.45) is 0 Å². The molecule has 5 nitrogen and oxygen atoms in total. The Morgan fingerprint density at radius 1 is 1.62 bits per heavy atom. The topological polar surface area (TPSA) is 86.6 Å². The number of rotatable bonds is 5. The fourth-order valence-corrected chi connectivity index (χ4v) is 1.66. The summed E-state index contributed by atoms with van der Waals surface area (Å²) in [7, 11) is -3.59. The van der Waals surface area contributed by atoms with E-state index in [4.69, 9.17) is 5.11 Å². The fraction of sp³-hybridized carbons (Fsp3) is 0.714. The van der Waals surface area contributed by atoms with Crippen molar-refractivity contribution >= 4 is 10.0 Å². The van der Waals surface area contributed by atoms with Crippen molar-refractivity contribution in [1.29, 1.82) is 0 Å². The first-order chi connectivity index (χ1) is 5.75. The maximum absolute atomic E-state index is 11.0. The van der Waals surface area contributed by atoms with Crippen LogP contribution in [0.1, 0.15) is 13.8 Å². The van der Waals surface area contributed by atoms with Crippen LogP contribution in [0.4, 0.5) is 0 Å². The summed E-state index contributed by atoms with van der Waals surface area (Å²) in [6.45, 7) is 5.53. The molecule has 0 aromatic rings. The van der Waals surface area contributed by atoms with Gasteiger partial charge in [-0.1, -0.05) is 6.58 Å². The summed E-state index contributed by atoms with van der Waals surface area (Å²) in [5.41, 5.74) is -1.11. The molecule has 0 bridgehead atoms. The number of hydrogen-bond acceptors (Lipinski definition) is 4. The van der Waals surface area contributed by atoms with E-state index < -0.39 is 28.3 Å². The van der Waals surface area contributed by atoms with Crippen molar-refractivity contribution in [1.82, 2.24) is 4.72 Å². The van der Waals surface area contributed by atoms with E-state index in [-0.39, 0.29) is 0 Å². The molecule has 0 saturated carbocycles. The van der Waals surface area contributed by atoms with Crippen LogP contribution >= 0.6 is 0 Å². The van der Waals surface area contributed by atoms with Gasteiger partial charge in [0.1, 0.15) is 0 Å². The quantitative estimate of drug-likeness (QED) is 0.552. The summed E-state index contributed by atoms with van der Waals surface area (Å²) in [6, 6.07) is 0. The maximum Gasteiger partial charge on any atom is 0.233 e. The van der Waals surface area contributed by atoms with Crippen molar-refractivity contribution in [3.8, 4) is 0 Å². The largest absolute Gasteiger partial charge is 0.394 e. The molecule has 3 N–H and O–H groups in total. The summed E-state index contributed by atoms with van der Waals surface area (Å²) < 4.78 is 24.2. The lowest BCUT2D eigenvalue weighted by Crippen LogP contribution is -2.52. The first-order valence-electron chi connectivity index (χ1n) is 3.70. The molecule has 0 aliphatic rings. The van der Waals surface area contributed by atoms with Crippen molar-refractivity contribution in [2.45, 2.75) is 25.5 Å². The van der Waals surface area contributed by atoms with Crippen molar-refractivity contribution < 1.29 is 18.6 Å². The average molecular weight is 209 g/mol. The molecule has 0 spiro atoms. The summed E-state index contributed by atoms with van der Waals surface area (Å²) in [4.78, 5) is 0. The lowest BCUT2D eigenvalue weighted by molar-refractivity contribution is 0.0383. The van der Waals surface area contributed by atoms with Gasteiger partial charge in [0, 0.05) is 5.41 Å². The summed E-state index contributed by atoms with van der Waals surface area (Å²) in [6.07, 6.45) is -1.15. The predicted molar refractivity (Wildman–Crippen MR) is 49.4 cm³/mol. The first-order valence-corrected chi connectivity index (χ1v) is 5.25. The summed E-state index contributed by atoms with van der Waals surface area (Å²) in [5.74, 6) is 0. The predicted octanol–water partition coefficient (Wildman–Crippen LogP) is -0.819. The first kappa shape index (κ1) is 12.6. The molecular formula is C7H15NO4S. The molecular weight excluding hydrogens is 194 g/mol. The molecule has 6 heteroatoms. The van der Waals surface area contributed by atoms with Gasteiger partial charge in [-0.05, 0) is 13.8 Å². The molecule has 0 heterocycles. The van der Waals surface area contributed by atoms with Gasteiger partial charge in [0.25, 0.3) is 0 Å². The van der Waals surface area contributed by atoms with E-state index in [9.17, 15) is 13.5 Å². The van der Waals surface area contributed by atoms with Crippen LogP contribution in [0.3, 0.4) is 0 Å². The molecule has 1 unspecified atom stereocenters.